The van der Waals surface area contributed by atoms with Crippen LogP contribution in [0, 0.1) is 6.92 Å². The Morgan fingerprint density at radius 2 is 2.13 bits per heavy atom. The first-order valence-electron chi connectivity index (χ1n) is 9.77. The summed E-state index contributed by atoms with van der Waals surface area (Å²) in [6, 6.07) is 4.88. The van der Waals surface area contributed by atoms with Crippen molar-refractivity contribution in [1.82, 2.24) is 15.3 Å². The summed E-state index contributed by atoms with van der Waals surface area (Å²) in [4.78, 5) is 23.6. The van der Waals surface area contributed by atoms with Gasteiger partial charge in [-0.2, -0.15) is 13.2 Å². The predicted molar refractivity (Wildman–Crippen MR) is 107 cm³/mol. The third-order valence-electron chi connectivity index (χ3n) is 5.34. The molecule has 7 nitrogen and oxygen atoms in total. The van der Waals surface area contributed by atoms with Gasteiger partial charge in [-0.1, -0.05) is 0 Å². The van der Waals surface area contributed by atoms with Crippen LogP contribution >= 0.6 is 0 Å². The summed E-state index contributed by atoms with van der Waals surface area (Å²) in [5.41, 5.74) is 1.35. The number of anilines is 1. The van der Waals surface area contributed by atoms with Gasteiger partial charge in [-0.3, -0.25) is 4.79 Å². The van der Waals surface area contributed by atoms with Gasteiger partial charge in [0.25, 0.3) is 0 Å². The zero-order valence-corrected chi connectivity index (χ0v) is 16.9. The van der Waals surface area contributed by atoms with Crippen LogP contribution in [0.3, 0.4) is 0 Å². The molecule has 2 aromatic heterocycles. The van der Waals surface area contributed by atoms with E-state index in [9.17, 15) is 18.0 Å². The number of hydrogen-bond donors (Lipinski definition) is 1. The number of aromatic nitrogens is 2. The molecule has 1 N–H and O–H groups in total. The summed E-state index contributed by atoms with van der Waals surface area (Å²) >= 11 is 0. The Morgan fingerprint density at radius 3 is 2.81 bits per heavy atom. The van der Waals surface area contributed by atoms with E-state index in [1.165, 1.54) is 12.1 Å². The molecule has 164 valence electrons. The average molecular weight is 434 g/mol. The summed E-state index contributed by atoms with van der Waals surface area (Å²) in [5, 5.41) is 2.90. The van der Waals surface area contributed by atoms with Crippen LogP contribution in [-0.2, 0) is 4.79 Å². The van der Waals surface area contributed by atoms with Crippen LogP contribution in [0.2, 0.25) is 0 Å². The number of methoxy groups -OCH3 is 1. The first-order valence-corrected chi connectivity index (χ1v) is 9.77. The third kappa shape index (κ3) is 4.14. The summed E-state index contributed by atoms with van der Waals surface area (Å²) < 4.78 is 50.7. The maximum absolute atomic E-state index is 13.5. The highest BCUT2D eigenvalue weighted by Gasteiger charge is 2.45. The number of ether oxygens (including phenoxy) is 1. The molecule has 1 aliphatic heterocycles. The van der Waals surface area contributed by atoms with Crippen molar-refractivity contribution in [2.75, 3.05) is 18.6 Å². The summed E-state index contributed by atoms with van der Waals surface area (Å²) in [6.07, 6.45) is -2.51. The number of carbonyl (C=O) groups is 1. The van der Waals surface area contributed by atoms with E-state index in [-0.39, 0.29) is 5.76 Å². The molecule has 0 aliphatic carbocycles. The Hall–Kier alpha value is -3.30. The molecule has 0 unspecified atom stereocenters. The maximum atomic E-state index is 13.5. The van der Waals surface area contributed by atoms with E-state index in [0.717, 1.165) is 11.6 Å². The number of nitrogens with zero attached hydrogens (tertiary/aromatic N) is 3. The van der Waals surface area contributed by atoms with Gasteiger partial charge >= 0.3 is 6.18 Å². The number of rotatable bonds is 5. The van der Waals surface area contributed by atoms with Crippen molar-refractivity contribution in [3.8, 4) is 5.75 Å². The minimum Gasteiger partial charge on any atom is -0.497 e. The minimum atomic E-state index is -4.69. The van der Waals surface area contributed by atoms with Crippen molar-refractivity contribution in [2.24, 2.45) is 0 Å². The van der Waals surface area contributed by atoms with E-state index >= 15 is 0 Å². The summed E-state index contributed by atoms with van der Waals surface area (Å²) in [5.74, 6) is -0.125. The topological polar surface area (TPSA) is 80.5 Å². The molecule has 1 amide bonds. The number of halogens is 3. The second kappa shape index (κ2) is 8.09. The fourth-order valence-corrected chi connectivity index (χ4v) is 3.79. The number of carbonyl (C=O) groups excluding carboxylic acids is 1. The minimum absolute atomic E-state index is 0.314. The number of furan rings is 1. The molecule has 10 heteroatoms. The Bertz CT molecular complexity index is 1090. The van der Waals surface area contributed by atoms with Crippen LogP contribution in [0.1, 0.15) is 30.3 Å². The second-order valence-corrected chi connectivity index (χ2v) is 7.34. The Balaban J connectivity index is 1.61. The van der Waals surface area contributed by atoms with Gasteiger partial charge in [-0.05, 0) is 50.1 Å². The smallest absolute Gasteiger partial charge is 0.415 e. The first-order chi connectivity index (χ1) is 14.8. The largest absolute Gasteiger partial charge is 0.497 e. The highest BCUT2D eigenvalue weighted by atomic mass is 19.4. The van der Waals surface area contributed by atoms with E-state index in [4.69, 9.17) is 9.15 Å². The van der Waals surface area contributed by atoms with Gasteiger partial charge in [0.05, 0.1) is 24.6 Å². The Labute approximate surface area is 176 Å². The highest BCUT2D eigenvalue weighted by molar-refractivity contribution is 5.87. The van der Waals surface area contributed by atoms with E-state index in [1.807, 2.05) is 13.0 Å². The Morgan fingerprint density at radius 1 is 1.32 bits per heavy atom. The van der Waals surface area contributed by atoms with Gasteiger partial charge in [-0.25, -0.2) is 9.97 Å². The average Bonchev–Trinajstić information content (AvgIpc) is 3.42. The molecule has 0 spiro atoms. The third-order valence-corrected chi connectivity index (χ3v) is 5.34. The molecule has 1 aliphatic rings. The monoisotopic (exact) mass is 434 g/mol. The first kappa shape index (κ1) is 21.0. The number of fused-ring (bicyclic) bond motifs is 1. The lowest BCUT2D eigenvalue weighted by Gasteiger charge is -2.27. The second-order valence-electron chi connectivity index (χ2n) is 7.34. The quantitative estimate of drug-likeness (QED) is 0.656. The van der Waals surface area contributed by atoms with Gasteiger partial charge in [0, 0.05) is 11.9 Å². The van der Waals surface area contributed by atoms with Crippen molar-refractivity contribution >= 4 is 22.8 Å². The molecular weight excluding hydrogens is 413 g/mol. The normalized spacial score (nSPS) is 17.7. The molecule has 1 fully saturated rings. The molecule has 31 heavy (non-hydrogen) atoms. The van der Waals surface area contributed by atoms with Crippen LogP contribution in [0.4, 0.5) is 19.1 Å². The zero-order chi connectivity index (χ0) is 22.2. The number of amides is 1. The van der Waals surface area contributed by atoms with Gasteiger partial charge in [0.1, 0.15) is 17.6 Å². The highest BCUT2D eigenvalue weighted by Crippen LogP contribution is 2.34. The van der Waals surface area contributed by atoms with Crippen molar-refractivity contribution in [3.05, 3.63) is 48.0 Å². The van der Waals surface area contributed by atoms with Crippen LogP contribution in [-0.4, -0.2) is 41.7 Å². The summed E-state index contributed by atoms with van der Waals surface area (Å²) in [7, 11) is 1.57. The zero-order valence-electron chi connectivity index (χ0n) is 16.9. The van der Waals surface area contributed by atoms with Gasteiger partial charge in [0.15, 0.2) is 6.04 Å². The lowest BCUT2D eigenvalue weighted by molar-refractivity contribution is -0.167. The van der Waals surface area contributed by atoms with Crippen molar-refractivity contribution in [3.63, 3.8) is 0 Å². The van der Waals surface area contributed by atoms with Gasteiger partial charge < -0.3 is 19.4 Å². The van der Waals surface area contributed by atoms with Crippen LogP contribution in [0.25, 0.3) is 10.9 Å². The van der Waals surface area contributed by atoms with E-state index < -0.39 is 24.2 Å². The lowest BCUT2D eigenvalue weighted by atomic mass is 10.1. The number of benzene rings is 1. The maximum Gasteiger partial charge on any atom is 0.415 e. The van der Waals surface area contributed by atoms with Crippen molar-refractivity contribution < 1.29 is 27.1 Å². The SMILES string of the molecule is COc1ccc2nc(N3CCC[C@@H]3C(=O)N[C@@H](c3ccco3)C(F)(F)F)nc(C)c2c1. The fourth-order valence-electron chi connectivity index (χ4n) is 3.79. The molecule has 0 bridgehead atoms. The fraction of sp³-hybridized carbons (Fsp3) is 0.381. The molecular formula is C21H21F3N4O3. The van der Waals surface area contributed by atoms with Crippen LogP contribution in [0.15, 0.2) is 41.0 Å². The van der Waals surface area contributed by atoms with E-state index in [1.54, 1.807) is 24.1 Å². The van der Waals surface area contributed by atoms with Gasteiger partial charge in [0.2, 0.25) is 11.9 Å². The standard InChI is InChI=1S/C21H21F3N4O3/c1-12-14-11-13(30-2)7-8-15(14)26-20(25-12)28-9-3-5-16(28)19(29)27-18(21(22,23)24)17-6-4-10-31-17/h4,6-8,10-11,16,18H,3,5,9H2,1-2H3,(H,27,29)/t16-,18+/m1/s1. The molecule has 1 aromatic carbocycles. The lowest BCUT2D eigenvalue weighted by Crippen LogP contribution is -2.48. The van der Waals surface area contributed by atoms with Crippen molar-refractivity contribution in [2.45, 2.75) is 38.0 Å². The molecule has 2 atom stereocenters. The van der Waals surface area contributed by atoms with Gasteiger partial charge in [-0.15, -0.1) is 0 Å². The number of hydrogen-bond acceptors (Lipinski definition) is 6. The summed E-state index contributed by atoms with van der Waals surface area (Å²) in [6.45, 7) is 2.28. The number of aryl methyl sites for hydroxylation is 1. The molecule has 1 saturated heterocycles. The molecule has 0 radical (unpaired) electrons. The van der Waals surface area contributed by atoms with Crippen molar-refractivity contribution in [1.29, 1.82) is 0 Å². The molecule has 0 saturated carbocycles. The van der Waals surface area contributed by atoms with E-state index in [0.29, 0.717) is 42.3 Å². The Kier molecular flexibility index (Phi) is 5.47. The van der Waals surface area contributed by atoms with Crippen LogP contribution in [0.5, 0.6) is 5.75 Å². The molecule has 4 rings (SSSR count). The number of alkyl halides is 3. The van der Waals surface area contributed by atoms with E-state index in [2.05, 4.69) is 15.3 Å². The molecule has 3 aromatic rings. The number of nitrogens with one attached hydrogen (secondary N) is 1. The predicted octanol–water partition coefficient (Wildman–Crippen LogP) is 3.93. The molecule has 3 heterocycles. The van der Waals surface area contributed by atoms with Crippen LogP contribution < -0.4 is 15.0 Å².